The molecule has 2 heterocycles. The standard InChI is InChI=1S/C16H14N2O3/c19-16(17-8-6-12-7-9-20-11-12)14-10-15(21-18-14)13-4-2-1-3-5-13/h1-5,7,9-11H,6,8H2,(H,17,19). The molecule has 0 bridgehead atoms. The van der Waals surface area contributed by atoms with E-state index in [0.29, 0.717) is 18.7 Å². The largest absolute Gasteiger partial charge is 0.472 e. The van der Waals surface area contributed by atoms with Gasteiger partial charge in [-0.1, -0.05) is 35.5 Å². The third-order valence-electron chi connectivity index (χ3n) is 3.08. The molecule has 106 valence electrons. The fraction of sp³-hybridized carbons (Fsp3) is 0.125. The number of furan rings is 1. The summed E-state index contributed by atoms with van der Waals surface area (Å²) >= 11 is 0. The van der Waals surface area contributed by atoms with Crippen LogP contribution in [0.5, 0.6) is 0 Å². The molecule has 3 aromatic rings. The van der Waals surface area contributed by atoms with Crippen molar-refractivity contribution in [3.8, 4) is 11.3 Å². The number of nitrogens with one attached hydrogen (secondary N) is 1. The number of hydrogen-bond donors (Lipinski definition) is 1. The van der Waals surface area contributed by atoms with Crippen molar-refractivity contribution >= 4 is 5.91 Å². The molecule has 3 rings (SSSR count). The molecule has 0 aliphatic carbocycles. The van der Waals surface area contributed by atoms with Gasteiger partial charge in [0.1, 0.15) is 0 Å². The predicted molar refractivity (Wildman–Crippen MR) is 76.7 cm³/mol. The Bertz CT molecular complexity index is 702. The van der Waals surface area contributed by atoms with Gasteiger partial charge in [0.15, 0.2) is 11.5 Å². The zero-order valence-corrected chi connectivity index (χ0v) is 11.3. The molecule has 0 radical (unpaired) electrons. The van der Waals surface area contributed by atoms with Crippen molar-refractivity contribution in [2.75, 3.05) is 6.54 Å². The molecular formula is C16H14N2O3. The van der Waals surface area contributed by atoms with E-state index in [1.54, 1.807) is 18.6 Å². The molecule has 0 aliphatic heterocycles. The smallest absolute Gasteiger partial charge is 0.273 e. The lowest BCUT2D eigenvalue weighted by molar-refractivity contribution is 0.0945. The first kappa shape index (κ1) is 13.2. The number of carbonyl (C=O) groups is 1. The number of aromatic nitrogens is 1. The number of rotatable bonds is 5. The number of amides is 1. The van der Waals surface area contributed by atoms with Crippen LogP contribution in [0.25, 0.3) is 11.3 Å². The quantitative estimate of drug-likeness (QED) is 0.781. The SMILES string of the molecule is O=C(NCCc1ccoc1)c1cc(-c2ccccc2)on1. The van der Waals surface area contributed by atoms with Crippen LogP contribution in [0.15, 0.2) is 63.9 Å². The van der Waals surface area contributed by atoms with Gasteiger partial charge in [-0.05, 0) is 18.1 Å². The molecule has 0 fully saturated rings. The Labute approximate surface area is 121 Å². The van der Waals surface area contributed by atoms with Gasteiger partial charge in [-0.3, -0.25) is 4.79 Å². The molecule has 0 spiro atoms. The van der Waals surface area contributed by atoms with Crippen molar-refractivity contribution in [1.29, 1.82) is 0 Å². The van der Waals surface area contributed by atoms with Crippen molar-refractivity contribution in [1.82, 2.24) is 10.5 Å². The lowest BCUT2D eigenvalue weighted by Gasteiger charge is -2.00. The van der Waals surface area contributed by atoms with Gasteiger partial charge in [0.05, 0.1) is 12.5 Å². The Morgan fingerprint density at radius 2 is 2.05 bits per heavy atom. The first-order chi connectivity index (χ1) is 10.3. The van der Waals surface area contributed by atoms with Gasteiger partial charge in [0, 0.05) is 18.2 Å². The summed E-state index contributed by atoms with van der Waals surface area (Å²) in [6.45, 7) is 0.520. The summed E-state index contributed by atoms with van der Waals surface area (Å²) in [6, 6.07) is 13.1. The van der Waals surface area contributed by atoms with E-state index in [1.165, 1.54) is 0 Å². The minimum absolute atomic E-state index is 0.246. The molecule has 1 amide bonds. The van der Waals surface area contributed by atoms with Crippen molar-refractivity contribution in [2.45, 2.75) is 6.42 Å². The van der Waals surface area contributed by atoms with Crippen LogP contribution in [0.4, 0.5) is 0 Å². The van der Waals surface area contributed by atoms with Gasteiger partial charge in [0.2, 0.25) is 0 Å². The minimum Gasteiger partial charge on any atom is -0.472 e. The highest BCUT2D eigenvalue weighted by Gasteiger charge is 2.13. The predicted octanol–water partition coefficient (Wildman–Crippen LogP) is 2.91. The average Bonchev–Trinajstić information content (AvgIpc) is 3.20. The van der Waals surface area contributed by atoms with Crippen LogP contribution in [0, 0.1) is 0 Å². The highest BCUT2D eigenvalue weighted by molar-refractivity contribution is 5.93. The summed E-state index contributed by atoms with van der Waals surface area (Å²) in [5.74, 6) is 0.333. The first-order valence-corrected chi connectivity index (χ1v) is 6.64. The third kappa shape index (κ3) is 3.20. The van der Waals surface area contributed by atoms with Gasteiger partial charge in [-0.2, -0.15) is 0 Å². The summed E-state index contributed by atoms with van der Waals surface area (Å²) < 4.78 is 10.2. The lowest BCUT2D eigenvalue weighted by Crippen LogP contribution is -2.25. The van der Waals surface area contributed by atoms with E-state index in [0.717, 1.165) is 11.1 Å². The normalized spacial score (nSPS) is 10.5. The van der Waals surface area contributed by atoms with Gasteiger partial charge in [-0.25, -0.2) is 0 Å². The Hall–Kier alpha value is -2.82. The molecule has 5 heteroatoms. The maximum atomic E-state index is 12.0. The van der Waals surface area contributed by atoms with Crippen LogP contribution in [-0.4, -0.2) is 17.6 Å². The Morgan fingerprint density at radius 3 is 2.81 bits per heavy atom. The van der Waals surface area contributed by atoms with Crippen molar-refractivity contribution < 1.29 is 13.7 Å². The fourth-order valence-corrected chi connectivity index (χ4v) is 1.97. The number of nitrogens with zero attached hydrogens (tertiary/aromatic N) is 1. The van der Waals surface area contributed by atoms with E-state index in [-0.39, 0.29) is 11.6 Å². The van der Waals surface area contributed by atoms with E-state index in [2.05, 4.69) is 10.5 Å². The molecule has 0 aliphatic rings. The Morgan fingerprint density at radius 1 is 1.19 bits per heavy atom. The van der Waals surface area contributed by atoms with E-state index in [9.17, 15) is 4.79 Å². The van der Waals surface area contributed by atoms with Crippen LogP contribution < -0.4 is 5.32 Å². The van der Waals surface area contributed by atoms with E-state index < -0.39 is 0 Å². The molecule has 1 aromatic carbocycles. The van der Waals surface area contributed by atoms with E-state index in [4.69, 9.17) is 8.94 Å². The van der Waals surface area contributed by atoms with Crippen LogP contribution in [0.2, 0.25) is 0 Å². The van der Waals surface area contributed by atoms with Crippen LogP contribution in [-0.2, 0) is 6.42 Å². The van der Waals surface area contributed by atoms with Gasteiger partial charge in [0.25, 0.3) is 5.91 Å². The topological polar surface area (TPSA) is 68.3 Å². The van der Waals surface area contributed by atoms with Gasteiger partial charge < -0.3 is 14.3 Å². The molecule has 1 N–H and O–H groups in total. The second-order valence-corrected chi connectivity index (χ2v) is 4.58. The molecule has 0 saturated carbocycles. The number of hydrogen-bond acceptors (Lipinski definition) is 4. The molecule has 5 nitrogen and oxygen atoms in total. The highest BCUT2D eigenvalue weighted by Crippen LogP contribution is 2.19. The first-order valence-electron chi connectivity index (χ1n) is 6.64. The zero-order chi connectivity index (χ0) is 14.5. The van der Waals surface area contributed by atoms with Crippen molar-refractivity contribution in [3.63, 3.8) is 0 Å². The number of benzene rings is 1. The van der Waals surface area contributed by atoms with E-state index in [1.807, 2.05) is 36.4 Å². The molecule has 2 aromatic heterocycles. The second-order valence-electron chi connectivity index (χ2n) is 4.58. The lowest BCUT2D eigenvalue weighted by atomic mass is 10.1. The Balaban J connectivity index is 1.59. The summed E-state index contributed by atoms with van der Waals surface area (Å²) in [4.78, 5) is 12.0. The van der Waals surface area contributed by atoms with Crippen molar-refractivity contribution in [2.24, 2.45) is 0 Å². The molecule has 0 saturated heterocycles. The molecule has 21 heavy (non-hydrogen) atoms. The summed E-state index contributed by atoms with van der Waals surface area (Å²) in [6.07, 6.45) is 3.99. The molecule has 0 atom stereocenters. The summed E-state index contributed by atoms with van der Waals surface area (Å²) in [7, 11) is 0. The third-order valence-corrected chi connectivity index (χ3v) is 3.08. The van der Waals surface area contributed by atoms with Crippen LogP contribution in [0.3, 0.4) is 0 Å². The summed E-state index contributed by atoms with van der Waals surface area (Å²) in [5, 5.41) is 6.60. The monoisotopic (exact) mass is 282 g/mol. The molecule has 0 unspecified atom stereocenters. The van der Waals surface area contributed by atoms with Crippen LogP contribution in [0.1, 0.15) is 16.1 Å². The highest BCUT2D eigenvalue weighted by atomic mass is 16.5. The average molecular weight is 282 g/mol. The van der Waals surface area contributed by atoms with Gasteiger partial charge >= 0.3 is 0 Å². The minimum atomic E-state index is -0.246. The molecular weight excluding hydrogens is 268 g/mol. The van der Waals surface area contributed by atoms with E-state index >= 15 is 0 Å². The zero-order valence-electron chi connectivity index (χ0n) is 11.3. The fourth-order valence-electron chi connectivity index (χ4n) is 1.97. The number of carbonyl (C=O) groups excluding carboxylic acids is 1. The second kappa shape index (κ2) is 6.09. The maximum absolute atomic E-state index is 12.0. The maximum Gasteiger partial charge on any atom is 0.273 e. The van der Waals surface area contributed by atoms with Crippen molar-refractivity contribution in [3.05, 3.63) is 66.2 Å². The van der Waals surface area contributed by atoms with Crippen LogP contribution >= 0.6 is 0 Å². The summed E-state index contributed by atoms with van der Waals surface area (Å²) in [5.41, 5.74) is 2.21. The van der Waals surface area contributed by atoms with Gasteiger partial charge in [-0.15, -0.1) is 0 Å². The Kier molecular flexibility index (Phi) is 3.82.